The summed E-state index contributed by atoms with van der Waals surface area (Å²) in [5.41, 5.74) is 2.16. The first-order chi connectivity index (χ1) is 7.72. The molecule has 4 heteroatoms. The Morgan fingerprint density at radius 3 is 2.94 bits per heavy atom. The first-order valence-corrected chi connectivity index (χ1v) is 5.34. The van der Waals surface area contributed by atoms with Crippen LogP contribution in [-0.4, -0.2) is 30.2 Å². The van der Waals surface area contributed by atoms with E-state index in [1.54, 1.807) is 7.05 Å². The van der Waals surface area contributed by atoms with Gasteiger partial charge in [0, 0.05) is 32.1 Å². The lowest BCUT2D eigenvalue weighted by Gasteiger charge is -2.16. The number of amides is 1. The molecule has 0 saturated carbocycles. The van der Waals surface area contributed by atoms with Gasteiger partial charge in [0.25, 0.3) is 0 Å². The third-order valence-corrected chi connectivity index (χ3v) is 2.84. The normalized spacial score (nSPS) is 13.8. The second kappa shape index (κ2) is 4.35. The second-order valence-electron chi connectivity index (χ2n) is 3.85. The fourth-order valence-electron chi connectivity index (χ4n) is 1.90. The standard InChI is InChI=1S/C12H15N3O/c1-14-11(16)6-7-15-8-9-4-2-3-5-10(9)12(15)13/h2-5,13H,6-8H2,1H3,(H,14,16). The summed E-state index contributed by atoms with van der Waals surface area (Å²) >= 11 is 0. The van der Waals surface area contributed by atoms with Gasteiger partial charge in [-0.3, -0.25) is 10.2 Å². The van der Waals surface area contributed by atoms with Gasteiger partial charge in [-0.15, -0.1) is 0 Å². The minimum Gasteiger partial charge on any atom is -0.359 e. The van der Waals surface area contributed by atoms with Crippen LogP contribution in [0.1, 0.15) is 17.5 Å². The van der Waals surface area contributed by atoms with Crippen LogP contribution < -0.4 is 5.32 Å². The second-order valence-corrected chi connectivity index (χ2v) is 3.85. The first-order valence-electron chi connectivity index (χ1n) is 5.34. The molecule has 1 aromatic carbocycles. The molecule has 0 saturated heterocycles. The average Bonchev–Trinajstić information content (AvgIpc) is 2.64. The molecule has 2 rings (SSSR count). The van der Waals surface area contributed by atoms with Crippen molar-refractivity contribution in [3.05, 3.63) is 35.4 Å². The minimum atomic E-state index is 0.0174. The molecule has 0 atom stereocenters. The average molecular weight is 217 g/mol. The molecule has 1 aliphatic heterocycles. The van der Waals surface area contributed by atoms with Gasteiger partial charge in [-0.2, -0.15) is 0 Å². The molecule has 1 aromatic rings. The molecule has 1 heterocycles. The van der Waals surface area contributed by atoms with Gasteiger partial charge in [0.2, 0.25) is 5.91 Å². The molecule has 0 unspecified atom stereocenters. The van der Waals surface area contributed by atoms with Gasteiger partial charge >= 0.3 is 0 Å². The van der Waals surface area contributed by atoms with Crippen LogP contribution in [0.5, 0.6) is 0 Å². The molecule has 0 spiro atoms. The summed E-state index contributed by atoms with van der Waals surface area (Å²) in [5.74, 6) is 0.545. The Balaban J connectivity index is 2.02. The molecule has 1 aliphatic rings. The monoisotopic (exact) mass is 217 g/mol. The minimum absolute atomic E-state index is 0.0174. The number of benzene rings is 1. The zero-order chi connectivity index (χ0) is 11.5. The number of hydrogen-bond acceptors (Lipinski definition) is 2. The maximum Gasteiger partial charge on any atom is 0.221 e. The van der Waals surface area contributed by atoms with Crippen molar-refractivity contribution in [3.8, 4) is 0 Å². The van der Waals surface area contributed by atoms with Crippen molar-refractivity contribution < 1.29 is 4.79 Å². The van der Waals surface area contributed by atoms with E-state index >= 15 is 0 Å². The number of nitrogens with one attached hydrogen (secondary N) is 2. The predicted molar refractivity (Wildman–Crippen MR) is 62.4 cm³/mol. The Kier molecular flexibility index (Phi) is 2.90. The van der Waals surface area contributed by atoms with Gasteiger partial charge in [-0.1, -0.05) is 24.3 Å². The molecule has 16 heavy (non-hydrogen) atoms. The molecule has 0 fully saturated rings. The van der Waals surface area contributed by atoms with Crippen molar-refractivity contribution in [2.75, 3.05) is 13.6 Å². The fraction of sp³-hybridized carbons (Fsp3) is 0.333. The summed E-state index contributed by atoms with van der Waals surface area (Å²) in [7, 11) is 1.63. The number of carbonyl (C=O) groups excluding carboxylic acids is 1. The maximum absolute atomic E-state index is 11.1. The molecule has 0 aliphatic carbocycles. The highest BCUT2D eigenvalue weighted by Crippen LogP contribution is 2.21. The van der Waals surface area contributed by atoms with Crippen LogP contribution in [0.3, 0.4) is 0 Å². The molecular weight excluding hydrogens is 202 g/mol. The van der Waals surface area contributed by atoms with Crippen LogP contribution in [0.15, 0.2) is 24.3 Å². The van der Waals surface area contributed by atoms with E-state index < -0.39 is 0 Å². The summed E-state index contributed by atoms with van der Waals surface area (Å²) in [5, 5.41) is 10.6. The fourth-order valence-corrected chi connectivity index (χ4v) is 1.90. The van der Waals surface area contributed by atoms with Crippen molar-refractivity contribution >= 4 is 11.7 Å². The zero-order valence-corrected chi connectivity index (χ0v) is 9.29. The topological polar surface area (TPSA) is 56.2 Å². The Morgan fingerprint density at radius 2 is 2.25 bits per heavy atom. The zero-order valence-electron chi connectivity index (χ0n) is 9.29. The molecule has 0 aromatic heterocycles. The summed E-state index contributed by atoms with van der Waals surface area (Å²) in [6, 6.07) is 7.91. The van der Waals surface area contributed by atoms with E-state index in [2.05, 4.69) is 5.32 Å². The van der Waals surface area contributed by atoms with E-state index in [0.717, 1.165) is 12.1 Å². The first kappa shape index (κ1) is 10.7. The van der Waals surface area contributed by atoms with E-state index in [9.17, 15) is 4.79 Å². The quantitative estimate of drug-likeness (QED) is 0.792. The maximum atomic E-state index is 11.1. The highest BCUT2D eigenvalue weighted by molar-refractivity contribution is 6.00. The number of hydrogen-bond donors (Lipinski definition) is 2. The summed E-state index contributed by atoms with van der Waals surface area (Å²) in [6.45, 7) is 1.35. The van der Waals surface area contributed by atoms with Crippen LogP contribution in [0.4, 0.5) is 0 Å². The van der Waals surface area contributed by atoms with Crippen LogP contribution in [0, 0.1) is 5.41 Å². The Bertz CT molecular complexity index is 428. The van der Waals surface area contributed by atoms with Gasteiger partial charge in [-0.25, -0.2) is 0 Å². The van der Waals surface area contributed by atoms with Crippen LogP contribution in [0.2, 0.25) is 0 Å². The van der Waals surface area contributed by atoms with Crippen molar-refractivity contribution in [1.29, 1.82) is 5.41 Å². The molecular formula is C12H15N3O. The lowest BCUT2D eigenvalue weighted by atomic mass is 10.1. The summed E-state index contributed by atoms with van der Waals surface area (Å²) in [6.07, 6.45) is 0.437. The number of carbonyl (C=O) groups is 1. The van der Waals surface area contributed by atoms with Crippen LogP contribution >= 0.6 is 0 Å². The third-order valence-electron chi connectivity index (χ3n) is 2.84. The van der Waals surface area contributed by atoms with Gasteiger partial charge in [0.1, 0.15) is 5.84 Å². The van der Waals surface area contributed by atoms with Gasteiger partial charge in [0.15, 0.2) is 0 Å². The number of rotatable bonds is 3. The Morgan fingerprint density at radius 1 is 1.50 bits per heavy atom. The number of amidine groups is 1. The Labute approximate surface area is 94.8 Å². The third kappa shape index (κ3) is 1.91. The van der Waals surface area contributed by atoms with E-state index in [-0.39, 0.29) is 5.91 Å². The van der Waals surface area contributed by atoms with Crippen molar-refractivity contribution in [1.82, 2.24) is 10.2 Å². The predicted octanol–water partition coefficient (Wildman–Crippen LogP) is 0.964. The largest absolute Gasteiger partial charge is 0.359 e. The van der Waals surface area contributed by atoms with E-state index in [0.29, 0.717) is 18.8 Å². The molecule has 0 bridgehead atoms. The lowest BCUT2D eigenvalue weighted by Crippen LogP contribution is -2.29. The number of fused-ring (bicyclic) bond motifs is 1. The highest BCUT2D eigenvalue weighted by atomic mass is 16.1. The van der Waals surface area contributed by atoms with Crippen molar-refractivity contribution in [3.63, 3.8) is 0 Å². The molecule has 2 N–H and O–H groups in total. The van der Waals surface area contributed by atoms with Gasteiger partial charge in [-0.05, 0) is 5.56 Å². The molecule has 0 radical (unpaired) electrons. The molecule has 1 amide bonds. The molecule has 84 valence electrons. The molecule has 4 nitrogen and oxygen atoms in total. The van der Waals surface area contributed by atoms with Crippen molar-refractivity contribution in [2.24, 2.45) is 0 Å². The van der Waals surface area contributed by atoms with Crippen LogP contribution in [0.25, 0.3) is 0 Å². The SMILES string of the molecule is CNC(=O)CCN1Cc2ccccc2C1=N. The summed E-state index contributed by atoms with van der Waals surface area (Å²) in [4.78, 5) is 13.1. The number of nitrogens with zero attached hydrogens (tertiary/aromatic N) is 1. The van der Waals surface area contributed by atoms with Gasteiger partial charge < -0.3 is 10.2 Å². The summed E-state index contributed by atoms with van der Waals surface area (Å²) < 4.78 is 0. The highest BCUT2D eigenvalue weighted by Gasteiger charge is 2.23. The van der Waals surface area contributed by atoms with E-state index in [4.69, 9.17) is 5.41 Å². The lowest BCUT2D eigenvalue weighted by molar-refractivity contribution is -0.120. The van der Waals surface area contributed by atoms with Crippen molar-refractivity contribution in [2.45, 2.75) is 13.0 Å². The van der Waals surface area contributed by atoms with Gasteiger partial charge in [0.05, 0.1) is 0 Å². The Hall–Kier alpha value is -1.84. The van der Waals surface area contributed by atoms with Crippen LogP contribution in [-0.2, 0) is 11.3 Å². The smallest absolute Gasteiger partial charge is 0.221 e. The van der Waals surface area contributed by atoms with E-state index in [1.807, 2.05) is 29.2 Å². The van der Waals surface area contributed by atoms with E-state index in [1.165, 1.54) is 5.56 Å².